The van der Waals surface area contributed by atoms with E-state index in [0.29, 0.717) is 6.04 Å². The lowest BCUT2D eigenvalue weighted by atomic mass is 10.1. The SMILES string of the molecule is CCc1ccc(CN(Cc2ccc(N)cc2)C(C)C)s1. The van der Waals surface area contributed by atoms with Gasteiger partial charge in [0.15, 0.2) is 0 Å². The number of nitrogens with two attached hydrogens (primary N) is 1. The van der Waals surface area contributed by atoms with Crippen molar-refractivity contribution in [2.24, 2.45) is 0 Å². The standard InChI is InChI=1S/C17H24N2S/c1-4-16-9-10-17(20-16)12-19(13(2)3)11-14-5-7-15(18)8-6-14/h5-10,13H,4,11-12,18H2,1-3H3. The van der Waals surface area contributed by atoms with E-state index in [1.807, 2.05) is 23.5 Å². The van der Waals surface area contributed by atoms with E-state index >= 15 is 0 Å². The Kier molecular flexibility index (Phi) is 5.21. The van der Waals surface area contributed by atoms with Crippen LogP contribution in [-0.4, -0.2) is 10.9 Å². The molecule has 0 aliphatic rings. The minimum absolute atomic E-state index is 0.528. The van der Waals surface area contributed by atoms with Gasteiger partial charge in [0.25, 0.3) is 0 Å². The van der Waals surface area contributed by atoms with Gasteiger partial charge in [-0.05, 0) is 50.1 Å². The highest BCUT2D eigenvalue weighted by atomic mass is 32.1. The van der Waals surface area contributed by atoms with Crippen LogP contribution in [0.3, 0.4) is 0 Å². The summed E-state index contributed by atoms with van der Waals surface area (Å²) in [4.78, 5) is 5.42. The average Bonchev–Trinajstić information content (AvgIpc) is 2.88. The fraction of sp³-hybridized carbons (Fsp3) is 0.412. The number of hydrogen-bond acceptors (Lipinski definition) is 3. The van der Waals surface area contributed by atoms with Crippen LogP contribution in [0.15, 0.2) is 36.4 Å². The first-order chi connectivity index (χ1) is 9.58. The van der Waals surface area contributed by atoms with Crippen LogP contribution < -0.4 is 5.73 Å². The number of rotatable bonds is 6. The highest BCUT2D eigenvalue weighted by Crippen LogP contribution is 2.21. The van der Waals surface area contributed by atoms with E-state index in [-0.39, 0.29) is 0 Å². The summed E-state index contributed by atoms with van der Waals surface area (Å²) in [5.74, 6) is 0. The van der Waals surface area contributed by atoms with Gasteiger partial charge in [-0.2, -0.15) is 0 Å². The molecule has 0 unspecified atom stereocenters. The third-order valence-corrected chi connectivity index (χ3v) is 4.73. The summed E-state index contributed by atoms with van der Waals surface area (Å²) in [5, 5.41) is 0. The average molecular weight is 288 g/mol. The highest BCUT2D eigenvalue weighted by Gasteiger charge is 2.12. The molecule has 2 rings (SSSR count). The number of nitrogen functional groups attached to an aromatic ring is 1. The lowest BCUT2D eigenvalue weighted by molar-refractivity contribution is 0.205. The Morgan fingerprint density at radius 3 is 2.20 bits per heavy atom. The minimum atomic E-state index is 0.528. The van der Waals surface area contributed by atoms with Crippen LogP contribution in [0.1, 0.15) is 36.1 Å². The summed E-state index contributed by atoms with van der Waals surface area (Å²) in [7, 11) is 0. The topological polar surface area (TPSA) is 29.3 Å². The van der Waals surface area contributed by atoms with Crippen LogP contribution in [0.2, 0.25) is 0 Å². The van der Waals surface area contributed by atoms with Crippen molar-refractivity contribution in [2.75, 3.05) is 5.73 Å². The van der Waals surface area contributed by atoms with Crippen molar-refractivity contribution in [1.29, 1.82) is 0 Å². The molecule has 0 aliphatic carbocycles. The molecule has 0 aliphatic heterocycles. The number of aryl methyl sites for hydroxylation is 1. The first-order valence-corrected chi connectivity index (χ1v) is 8.06. The van der Waals surface area contributed by atoms with E-state index in [1.165, 1.54) is 15.3 Å². The predicted octanol–water partition coefficient (Wildman–Crippen LogP) is 4.30. The van der Waals surface area contributed by atoms with Crippen LogP contribution in [0.4, 0.5) is 5.69 Å². The first kappa shape index (κ1) is 15.1. The fourth-order valence-corrected chi connectivity index (χ4v) is 3.16. The molecule has 0 fully saturated rings. The lowest BCUT2D eigenvalue weighted by Gasteiger charge is -2.26. The molecular weight excluding hydrogens is 264 g/mol. The molecule has 0 radical (unpaired) electrons. The van der Waals surface area contributed by atoms with Crippen molar-refractivity contribution < 1.29 is 0 Å². The molecule has 3 heteroatoms. The number of hydrogen-bond donors (Lipinski definition) is 1. The molecule has 0 bridgehead atoms. The Balaban J connectivity index is 2.05. The second-order valence-electron chi connectivity index (χ2n) is 5.46. The fourth-order valence-electron chi connectivity index (χ4n) is 2.18. The second-order valence-corrected chi connectivity index (χ2v) is 6.71. The lowest BCUT2D eigenvalue weighted by Crippen LogP contribution is -2.29. The molecule has 1 aromatic carbocycles. The van der Waals surface area contributed by atoms with Crippen molar-refractivity contribution in [3.8, 4) is 0 Å². The summed E-state index contributed by atoms with van der Waals surface area (Å²) in [6, 6.07) is 13.2. The van der Waals surface area contributed by atoms with Gasteiger partial charge in [0.1, 0.15) is 0 Å². The van der Waals surface area contributed by atoms with E-state index in [2.05, 4.69) is 49.9 Å². The Morgan fingerprint density at radius 1 is 1.00 bits per heavy atom. The zero-order valence-electron chi connectivity index (χ0n) is 12.6. The highest BCUT2D eigenvalue weighted by molar-refractivity contribution is 7.11. The molecule has 0 saturated carbocycles. The predicted molar refractivity (Wildman–Crippen MR) is 88.9 cm³/mol. The molecule has 108 valence electrons. The van der Waals surface area contributed by atoms with Crippen LogP contribution >= 0.6 is 11.3 Å². The molecule has 1 aromatic heterocycles. The van der Waals surface area contributed by atoms with Crippen molar-refractivity contribution in [2.45, 2.75) is 46.3 Å². The number of nitrogens with zero attached hydrogens (tertiary/aromatic N) is 1. The van der Waals surface area contributed by atoms with Crippen molar-refractivity contribution in [1.82, 2.24) is 4.90 Å². The van der Waals surface area contributed by atoms with Gasteiger partial charge < -0.3 is 5.73 Å². The largest absolute Gasteiger partial charge is 0.399 e. The van der Waals surface area contributed by atoms with Crippen molar-refractivity contribution in [3.05, 3.63) is 51.7 Å². The molecule has 0 saturated heterocycles. The van der Waals surface area contributed by atoms with E-state index in [4.69, 9.17) is 5.73 Å². The molecular formula is C17H24N2S. The summed E-state index contributed by atoms with van der Waals surface area (Å²) in [5.41, 5.74) is 7.90. The van der Waals surface area contributed by atoms with Gasteiger partial charge >= 0.3 is 0 Å². The Hall–Kier alpha value is -1.32. The molecule has 2 N–H and O–H groups in total. The van der Waals surface area contributed by atoms with Gasteiger partial charge in [0.2, 0.25) is 0 Å². The van der Waals surface area contributed by atoms with Crippen LogP contribution in [0.5, 0.6) is 0 Å². The molecule has 20 heavy (non-hydrogen) atoms. The van der Waals surface area contributed by atoms with Crippen LogP contribution in [0, 0.1) is 0 Å². The van der Waals surface area contributed by atoms with Gasteiger partial charge in [-0.1, -0.05) is 19.1 Å². The molecule has 2 nitrogen and oxygen atoms in total. The van der Waals surface area contributed by atoms with Gasteiger partial charge in [-0.25, -0.2) is 0 Å². The molecule has 1 heterocycles. The second kappa shape index (κ2) is 6.91. The van der Waals surface area contributed by atoms with Gasteiger partial charge in [-0.3, -0.25) is 4.90 Å². The summed E-state index contributed by atoms with van der Waals surface area (Å²) >= 11 is 1.93. The summed E-state index contributed by atoms with van der Waals surface area (Å²) in [6.07, 6.45) is 1.13. The van der Waals surface area contributed by atoms with Crippen molar-refractivity contribution >= 4 is 17.0 Å². The zero-order chi connectivity index (χ0) is 14.5. The Bertz CT molecular complexity index is 528. The Morgan fingerprint density at radius 2 is 1.65 bits per heavy atom. The number of benzene rings is 1. The monoisotopic (exact) mass is 288 g/mol. The Labute approximate surface area is 126 Å². The molecule has 2 aromatic rings. The summed E-state index contributed by atoms with van der Waals surface area (Å²) in [6.45, 7) is 8.71. The maximum atomic E-state index is 5.75. The third kappa shape index (κ3) is 4.09. The summed E-state index contributed by atoms with van der Waals surface area (Å²) < 4.78 is 0. The van der Waals surface area contributed by atoms with Crippen LogP contribution in [0.25, 0.3) is 0 Å². The van der Waals surface area contributed by atoms with Gasteiger partial charge in [-0.15, -0.1) is 11.3 Å². The number of thiophene rings is 1. The van der Waals surface area contributed by atoms with Crippen molar-refractivity contribution in [3.63, 3.8) is 0 Å². The molecule has 0 amide bonds. The maximum Gasteiger partial charge on any atom is 0.0334 e. The van der Waals surface area contributed by atoms with E-state index in [9.17, 15) is 0 Å². The molecule has 0 spiro atoms. The number of anilines is 1. The quantitative estimate of drug-likeness (QED) is 0.803. The van der Waals surface area contributed by atoms with Gasteiger partial charge in [0.05, 0.1) is 0 Å². The smallest absolute Gasteiger partial charge is 0.0334 e. The third-order valence-electron chi connectivity index (χ3n) is 3.52. The van der Waals surface area contributed by atoms with E-state index in [0.717, 1.165) is 25.2 Å². The van der Waals surface area contributed by atoms with E-state index < -0.39 is 0 Å². The normalized spacial score (nSPS) is 11.4. The minimum Gasteiger partial charge on any atom is -0.399 e. The molecule has 0 atom stereocenters. The van der Waals surface area contributed by atoms with Crippen LogP contribution in [-0.2, 0) is 19.5 Å². The zero-order valence-corrected chi connectivity index (χ0v) is 13.4. The van der Waals surface area contributed by atoms with E-state index in [1.54, 1.807) is 0 Å². The maximum absolute atomic E-state index is 5.75. The first-order valence-electron chi connectivity index (χ1n) is 7.24. The van der Waals surface area contributed by atoms with Gasteiger partial charge in [0, 0.05) is 34.6 Å².